The number of hydrogen-bond acceptors (Lipinski definition) is 5. The summed E-state index contributed by atoms with van der Waals surface area (Å²) in [6.07, 6.45) is 4.47. The third-order valence-electron chi connectivity index (χ3n) is 5.22. The van der Waals surface area contributed by atoms with Gasteiger partial charge in [0.15, 0.2) is 0 Å². The number of anilines is 1. The van der Waals surface area contributed by atoms with Gasteiger partial charge in [0.2, 0.25) is 5.71 Å². The van der Waals surface area contributed by atoms with E-state index in [0.29, 0.717) is 34.8 Å². The average molecular weight is 364 g/mol. The van der Waals surface area contributed by atoms with Gasteiger partial charge in [0.1, 0.15) is 17.9 Å². The van der Waals surface area contributed by atoms with Gasteiger partial charge in [-0.25, -0.2) is 9.97 Å². The summed E-state index contributed by atoms with van der Waals surface area (Å²) < 4.78 is 5.77. The number of furan rings is 1. The number of hydrogen-bond donors (Lipinski definition) is 1. The molecule has 0 unspecified atom stereocenters. The molecule has 1 saturated carbocycles. The predicted octanol–water partition coefficient (Wildman–Crippen LogP) is 3.81. The number of likely N-dealkylation sites (N-methyl/N-ethyl adjacent to an activating group) is 1. The minimum absolute atomic E-state index is 0.0476. The molecular formula is C21H24N4O2. The summed E-state index contributed by atoms with van der Waals surface area (Å²) in [6.45, 7) is 4.59. The lowest BCUT2D eigenvalue weighted by Crippen LogP contribution is -2.29. The molecule has 0 radical (unpaired) electrons. The van der Waals surface area contributed by atoms with E-state index in [0.717, 1.165) is 19.3 Å². The molecule has 4 rings (SSSR count). The molecule has 1 aromatic carbocycles. The average Bonchev–Trinajstić information content (AvgIpc) is 3.28. The zero-order valence-electron chi connectivity index (χ0n) is 16.0. The van der Waals surface area contributed by atoms with Crippen molar-refractivity contribution >= 4 is 22.8 Å². The first-order valence-corrected chi connectivity index (χ1v) is 9.28. The van der Waals surface area contributed by atoms with Crippen LogP contribution in [0.3, 0.4) is 0 Å². The lowest BCUT2D eigenvalue weighted by molar-refractivity contribution is 0.0796. The Morgan fingerprint density at radius 3 is 2.70 bits per heavy atom. The van der Waals surface area contributed by atoms with Gasteiger partial charge in [-0.3, -0.25) is 4.79 Å². The number of carbonyl (C=O) groups excluding carboxylic acids is 1. The van der Waals surface area contributed by atoms with Crippen molar-refractivity contribution in [2.75, 3.05) is 18.9 Å². The van der Waals surface area contributed by atoms with Crippen LogP contribution in [0, 0.1) is 6.92 Å². The minimum atomic E-state index is -0.0685. The Morgan fingerprint density at radius 1 is 1.26 bits per heavy atom. The summed E-state index contributed by atoms with van der Waals surface area (Å²) in [5.74, 6) is 1.18. The minimum Gasteiger partial charge on any atom is -0.442 e. The molecule has 6 nitrogen and oxygen atoms in total. The quantitative estimate of drug-likeness (QED) is 0.720. The molecule has 1 amide bonds. The van der Waals surface area contributed by atoms with Crippen LogP contribution in [0.4, 0.5) is 5.82 Å². The van der Waals surface area contributed by atoms with E-state index in [9.17, 15) is 4.79 Å². The summed E-state index contributed by atoms with van der Waals surface area (Å²) in [7, 11) is 1.82. The molecule has 27 heavy (non-hydrogen) atoms. The third-order valence-corrected chi connectivity index (χ3v) is 5.22. The van der Waals surface area contributed by atoms with E-state index < -0.39 is 0 Å². The van der Waals surface area contributed by atoms with Crippen molar-refractivity contribution in [3.05, 3.63) is 53.5 Å². The highest BCUT2D eigenvalue weighted by Gasteiger charge is 2.38. The Bertz CT molecular complexity index is 977. The maximum atomic E-state index is 13.2. The number of nitrogens with zero attached hydrogens (tertiary/aromatic N) is 3. The molecule has 3 aromatic rings. The Labute approximate surface area is 158 Å². The SMILES string of the molecule is Cc1oc2ncnc(NC3(C)CC3)c2c1C(=O)N(C)CCc1ccccc1. The summed E-state index contributed by atoms with van der Waals surface area (Å²) in [5.41, 5.74) is 2.26. The molecule has 1 aliphatic rings. The van der Waals surface area contributed by atoms with Crippen molar-refractivity contribution in [1.29, 1.82) is 0 Å². The zero-order valence-corrected chi connectivity index (χ0v) is 16.0. The van der Waals surface area contributed by atoms with E-state index in [2.05, 4.69) is 34.3 Å². The molecule has 0 atom stereocenters. The van der Waals surface area contributed by atoms with Gasteiger partial charge in [0.25, 0.3) is 5.91 Å². The first kappa shape index (κ1) is 17.5. The fraction of sp³-hybridized carbons (Fsp3) is 0.381. The monoisotopic (exact) mass is 364 g/mol. The Morgan fingerprint density at radius 2 is 2.00 bits per heavy atom. The molecule has 6 heteroatoms. The molecule has 140 valence electrons. The Balaban J connectivity index is 1.61. The summed E-state index contributed by atoms with van der Waals surface area (Å²) in [6, 6.07) is 10.2. The van der Waals surface area contributed by atoms with Crippen LogP contribution >= 0.6 is 0 Å². The van der Waals surface area contributed by atoms with Crippen LogP contribution < -0.4 is 5.32 Å². The van der Waals surface area contributed by atoms with Gasteiger partial charge in [-0.1, -0.05) is 30.3 Å². The number of amides is 1. The van der Waals surface area contributed by atoms with Crippen LogP contribution in [0.2, 0.25) is 0 Å². The highest BCUT2D eigenvalue weighted by molar-refractivity contribution is 6.10. The van der Waals surface area contributed by atoms with Gasteiger partial charge in [-0.15, -0.1) is 0 Å². The standard InChI is InChI=1S/C21H24N4O2/c1-14-16(20(26)25(3)12-9-15-7-5-4-6-8-15)17-18(24-21(2)10-11-21)22-13-23-19(17)27-14/h4-8,13H,9-12H2,1-3H3,(H,22,23,24). The zero-order chi connectivity index (χ0) is 19.0. The number of fused-ring (bicyclic) bond motifs is 1. The van der Waals surface area contributed by atoms with E-state index in [4.69, 9.17) is 4.42 Å². The molecule has 1 aliphatic carbocycles. The van der Waals surface area contributed by atoms with Gasteiger partial charge in [0, 0.05) is 19.1 Å². The molecule has 0 spiro atoms. The van der Waals surface area contributed by atoms with Crippen molar-refractivity contribution in [3.63, 3.8) is 0 Å². The van der Waals surface area contributed by atoms with Crippen molar-refractivity contribution in [1.82, 2.24) is 14.9 Å². The normalized spacial score (nSPS) is 14.9. The molecule has 1 fully saturated rings. The summed E-state index contributed by atoms with van der Waals surface area (Å²) in [4.78, 5) is 23.5. The van der Waals surface area contributed by atoms with Crippen LogP contribution in [-0.4, -0.2) is 39.9 Å². The Kier molecular flexibility index (Phi) is 4.34. The molecule has 0 bridgehead atoms. The van der Waals surface area contributed by atoms with E-state index in [1.165, 1.54) is 11.9 Å². The number of aromatic nitrogens is 2. The second-order valence-electron chi connectivity index (χ2n) is 7.58. The molecule has 2 heterocycles. The van der Waals surface area contributed by atoms with Crippen LogP contribution in [0.1, 0.15) is 41.4 Å². The molecular weight excluding hydrogens is 340 g/mol. The predicted molar refractivity (Wildman–Crippen MR) is 105 cm³/mol. The van der Waals surface area contributed by atoms with Gasteiger partial charge < -0.3 is 14.6 Å². The molecule has 2 aromatic heterocycles. The van der Waals surface area contributed by atoms with Crippen molar-refractivity contribution < 1.29 is 9.21 Å². The summed E-state index contributed by atoms with van der Waals surface area (Å²) in [5, 5.41) is 4.14. The van der Waals surface area contributed by atoms with E-state index in [1.54, 1.807) is 4.90 Å². The fourth-order valence-electron chi connectivity index (χ4n) is 3.23. The summed E-state index contributed by atoms with van der Waals surface area (Å²) >= 11 is 0. The number of carbonyl (C=O) groups is 1. The fourth-order valence-corrected chi connectivity index (χ4v) is 3.23. The van der Waals surface area contributed by atoms with E-state index in [1.807, 2.05) is 32.2 Å². The van der Waals surface area contributed by atoms with Gasteiger partial charge >= 0.3 is 0 Å². The van der Waals surface area contributed by atoms with Crippen LogP contribution in [0.5, 0.6) is 0 Å². The lowest BCUT2D eigenvalue weighted by Gasteiger charge is -2.18. The second kappa shape index (κ2) is 6.68. The Hall–Kier alpha value is -2.89. The van der Waals surface area contributed by atoms with Gasteiger partial charge in [-0.05, 0) is 38.7 Å². The highest BCUT2D eigenvalue weighted by Crippen LogP contribution is 2.40. The topological polar surface area (TPSA) is 71.3 Å². The molecule has 0 aliphatic heterocycles. The van der Waals surface area contributed by atoms with E-state index in [-0.39, 0.29) is 11.4 Å². The molecule has 0 saturated heterocycles. The van der Waals surface area contributed by atoms with Gasteiger partial charge in [-0.2, -0.15) is 0 Å². The third kappa shape index (κ3) is 3.52. The van der Waals surface area contributed by atoms with Crippen LogP contribution in [-0.2, 0) is 6.42 Å². The lowest BCUT2D eigenvalue weighted by atomic mass is 10.1. The van der Waals surface area contributed by atoms with Crippen molar-refractivity contribution in [2.45, 2.75) is 38.6 Å². The highest BCUT2D eigenvalue weighted by atomic mass is 16.3. The maximum absolute atomic E-state index is 13.2. The van der Waals surface area contributed by atoms with Crippen molar-refractivity contribution in [2.24, 2.45) is 0 Å². The number of nitrogens with one attached hydrogen (secondary N) is 1. The van der Waals surface area contributed by atoms with E-state index >= 15 is 0 Å². The largest absolute Gasteiger partial charge is 0.442 e. The smallest absolute Gasteiger partial charge is 0.257 e. The van der Waals surface area contributed by atoms with Crippen LogP contribution in [0.15, 0.2) is 41.1 Å². The first-order chi connectivity index (χ1) is 13.0. The van der Waals surface area contributed by atoms with Gasteiger partial charge in [0.05, 0.1) is 10.9 Å². The molecule has 1 N–H and O–H groups in total. The first-order valence-electron chi connectivity index (χ1n) is 9.28. The van der Waals surface area contributed by atoms with Crippen molar-refractivity contribution in [3.8, 4) is 0 Å². The number of aryl methyl sites for hydroxylation is 1. The second-order valence-corrected chi connectivity index (χ2v) is 7.58. The van der Waals surface area contributed by atoms with Crippen LogP contribution in [0.25, 0.3) is 11.1 Å². The maximum Gasteiger partial charge on any atom is 0.257 e. The number of rotatable bonds is 6. The number of benzene rings is 1.